The summed E-state index contributed by atoms with van der Waals surface area (Å²) < 4.78 is 16.2. The van der Waals surface area contributed by atoms with Crippen molar-refractivity contribution in [1.29, 1.82) is 0 Å². The fourth-order valence-electron chi connectivity index (χ4n) is 2.70. The first-order valence-electron chi connectivity index (χ1n) is 8.63. The van der Waals surface area contributed by atoms with E-state index in [0.29, 0.717) is 30.2 Å². The van der Waals surface area contributed by atoms with Gasteiger partial charge in [0, 0.05) is 6.54 Å². The maximum absolute atomic E-state index is 12.6. The van der Waals surface area contributed by atoms with E-state index in [1.54, 1.807) is 19.2 Å². The topological polar surface area (TPSA) is 73.6 Å². The van der Waals surface area contributed by atoms with E-state index in [9.17, 15) is 4.79 Å². The summed E-state index contributed by atoms with van der Waals surface area (Å²) in [6.07, 6.45) is 0. The molecule has 0 saturated carbocycles. The van der Waals surface area contributed by atoms with Crippen molar-refractivity contribution >= 4 is 5.91 Å². The molecule has 1 N–H and O–H groups in total. The molecule has 0 aliphatic carbocycles. The van der Waals surface area contributed by atoms with E-state index >= 15 is 0 Å². The van der Waals surface area contributed by atoms with Crippen LogP contribution >= 0.6 is 0 Å². The lowest BCUT2D eigenvalue weighted by atomic mass is 10.1. The highest BCUT2D eigenvalue weighted by molar-refractivity contribution is 5.96. The van der Waals surface area contributed by atoms with E-state index in [1.807, 2.05) is 50.2 Å². The van der Waals surface area contributed by atoms with Gasteiger partial charge in [0.2, 0.25) is 0 Å². The molecule has 3 aromatic rings. The molecule has 1 aromatic heterocycles. The lowest BCUT2D eigenvalue weighted by molar-refractivity contribution is 0.0946. The molecule has 0 fully saturated rings. The zero-order chi connectivity index (χ0) is 19.2. The van der Waals surface area contributed by atoms with Gasteiger partial charge in [-0.3, -0.25) is 4.79 Å². The third-order valence-electron chi connectivity index (χ3n) is 4.27. The first-order valence-corrected chi connectivity index (χ1v) is 8.63. The highest BCUT2D eigenvalue weighted by Gasteiger charge is 2.14. The Bertz CT molecular complexity index is 914. The van der Waals surface area contributed by atoms with Crippen LogP contribution in [-0.2, 0) is 13.2 Å². The SMILES string of the molecule is COc1cccc(CNC(=O)c2ccccc2OCc2c(C)noc2C)c1. The van der Waals surface area contributed by atoms with Gasteiger partial charge in [0.05, 0.1) is 23.9 Å². The van der Waals surface area contributed by atoms with E-state index in [4.69, 9.17) is 14.0 Å². The van der Waals surface area contributed by atoms with Crippen molar-refractivity contribution in [2.24, 2.45) is 0 Å². The molecule has 0 saturated heterocycles. The summed E-state index contributed by atoms with van der Waals surface area (Å²) in [5.41, 5.74) is 3.11. The van der Waals surface area contributed by atoms with Crippen molar-refractivity contribution in [2.45, 2.75) is 27.0 Å². The second kappa shape index (κ2) is 8.40. The lowest BCUT2D eigenvalue weighted by Crippen LogP contribution is -2.23. The molecule has 3 rings (SSSR count). The predicted molar refractivity (Wildman–Crippen MR) is 101 cm³/mol. The number of rotatable bonds is 7. The van der Waals surface area contributed by atoms with E-state index in [2.05, 4.69) is 10.5 Å². The summed E-state index contributed by atoms with van der Waals surface area (Å²) in [6.45, 7) is 4.39. The van der Waals surface area contributed by atoms with Crippen molar-refractivity contribution in [3.8, 4) is 11.5 Å². The van der Waals surface area contributed by atoms with Crippen LogP contribution in [0.5, 0.6) is 11.5 Å². The summed E-state index contributed by atoms with van der Waals surface area (Å²) in [4.78, 5) is 12.6. The van der Waals surface area contributed by atoms with Crippen LogP contribution in [0.2, 0.25) is 0 Å². The number of carbonyl (C=O) groups is 1. The molecule has 0 bridgehead atoms. The largest absolute Gasteiger partial charge is 0.497 e. The normalized spacial score (nSPS) is 10.5. The van der Waals surface area contributed by atoms with Crippen LogP contribution in [0, 0.1) is 13.8 Å². The quantitative estimate of drug-likeness (QED) is 0.688. The Hall–Kier alpha value is -3.28. The number of benzene rings is 2. The Morgan fingerprint density at radius 3 is 2.70 bits per heavy atom. The number of hydrogen-bond donors (Lipinski definition) is 1. The highest BCUT2D eigenvalue weighted by atomic mass is 16.5. The van der Waals surface area contributed by atoms with Crippen molar-refractivity contribution < 1.29 is 18.8 Å². The zero-order valence-corrected chi connectivity index (χ0v) is 15.6. The molecular weight excluding hydrogens is 344 g/mol. The van der Waals surface area contributed by atoms with Gasteiger partial charge in [0.1, 0.15) is 23.9 Å². The number of amides is 1. The van der Waals surface area contributed by atoms with Gasteiger partial charge < -0.3 is 19.3 Å². The third kappa shape index (κ3) is 4.47. The molecule has 6 heteroatoms. The molecule has 0 aliphatic rings. The maximum atomic E-state index is 12.6. The predicted octanol–water partition coefficient (Wildman–Crippen LogP) is 3.81. The van der Waals surface area contributed by atoms with Crippen LogP contribution in [0.1, 0.15) is 32.9 Å². The first-order chi connectivity index (χ1) is 13.1. The number of nitrogens with zero attached hydrogens (tertiary/aromatic N) is 1. The van der Waals surface area contributed by atoms with E-state index < -0.39 is 0 Å². The Kier molecular flexibility index (Phi) is 5.76. The molecule has 1 amide bonds. The van der Waals surface area contributed by atoms with Gasteiger partial charge in [-0.25, -0.2) is 0 Å². The number of methoxy groups -OCH3 is 1. The number of nitrogens with one attached hydrogen (secondary N) is 1. The summed E-state index contributed by atoms with van der Waals surface area (Å²) in [7, 11) is 1.62. The summed E-state index contributed by atoms with van der Waals surface area (Å²) >= 11 is 0. The molecule has 27 heavy (non-hydrogen) atoms. The summed E-state index contributed by atoms with van der Waals surface area (Å²) in [5.74, 6) is 1.78. The molecule has 0 atom stereocenters. The van der Waals surface area contributed by atoms with Gasteiger partial charge in [-0.1, -0.05) is 29.4 Å². The van der Waals surface area contributed by atoms with Crippen LogP contribution in [0.3, 0.4) is 0 Å². The maximum Gasteiger partial charge on any atom is 0.255 e. The van der Waals surface area contributed by atoms with Crippen molar-refractivity contribution in [2.75, 3.05) is 7.11 Å². The molecule has 0 unspecified atom stereocenters. The van der Waals surface area contributed by atoms with Crippen LogP contribution in [0.25, 0.3) is 0 Å². The van der Waals surface area contributed by atoms with Crippen molar-refractivity contribution in [3.05, 3.63) is 76.7 Å². The fourth-order valence-corrected chi connectivity index (χ4v) is 2.70. The Labute approximate surface area is 158 Å². The minimum absolute atomic E-state index is 0.202. The molecule has 1 heterocycles. The Morgan fingerprint density at radius 1 is 1.15 bits per heavy atom. The van der Waals surface area contributed by atoms with E-state index in [0.717, 1.165) is 22.6 Å². The third-order valence-corrected chi connectivity index (χ3v) is 4.27. The van der Waals surface area contributed by atoms with Gasteiger partial charge in [0.25, 0.3) is 5.91 Å². The number of para-hydroxylation sites is 1. The number of aryl methyl sites for hydroxylation is 2. The molecule has 0 spiro atoms. The summed E-state index contributed by atoms with van der Waals surface area (Å²) in [6, 6.07) is 14.7. The molecule has 2 aromatic carbocycles. The highest BCUT2D eigenvalue weighted by Crippen LogP contribution is 2.22. The Balaban J connectivity index is 1.68. The van der Waals surface area contributed by atoms with Gasteiger partial charge >= 0.3 is 0 Å². The van der Waals surface area contributed by atoms with Gasteiger partial charge in [-0.15, -0.1) is 0 Å². The minimum atomic E-state index is -0.202. The number of ether oxygens (including phenoxy) is 2. The van der Waals surface area contributed by atoms with Crippen LogP contribution in [0.4, 0.5) is 0 Å². The van der Waals surface area contributed by atoms with Crippen molar-refractivity contribution in [3.63, 3.8) is 0 Å². The summed E-state index contributed by atoms with van der Waals surface area (Å²) in [5, 5.41) is 6.84. The molecular formula is C21H22N2O4. The van der Waals surface area contributed by atoms with Crippen LogP contribution < -0.4 is 14.8 Å². The van der Waals surface area contributed by atoms with Gasteiger partial charge in [-0.2, -0.15) is 0 Å². The standard InChI is InChI=1S/C21H22N2O4/c1-14-19(15(2)27-23-14)13-26-20-10-5-4-9-18(20)21(24)22-12-16-7-6-8-17(11-16)25-3/h4-11H,12-13H2,1-3H3,(H,22,24). The van der Waals surface area contributed by atoms with Crippen molar-refractivity contribution in [1.82, 2.24) is 10.5 Å². The minimum Gasteiger partial charge on any atom is -0.497 e. The first kappa shape index (κ1) is 18.5. The second-order valence-electron chi connectivity index (χ2n) is 6.12. The number of aromatic nitrogens is 1. The molecule has 0 aliphatic heterocycles. The number of carbonyl (C=O) groups excluding carboxylic acids is 1. The molecule has 140 valence electrons. The molecule has 0 radical (unpaired) electrons. The Morgan fingerprint density at radius 2 is 1.96 bits per heavy atom. The molecule has 6 nitrogen and oxygen atoms in total. The van der Waals surface area contributed by atoms with E-state index in [1.165, 1.54) is 0 Å². The van der Waals surface area contributed by atoms with Crippen LogP contribution in [0.15, 0.2) is 53.1 Å². The smallest absolute Gasteiger partial charge is 0.255 e. The monoisotopic (exact) mass is 366 g/mol. The fraction of sp³-hybridized carbons (Fsp3) is 0.238. The van der Waals surface area contributed by atoms with Gasteiger partial charge in [-0.05, 0) is 43.7 Å². The van der Waals surface area contributed by atoms with Crippen LogP contribution in [-0.4, -0.2) is 18.2 Å². The van der Waals surface area contributed by atoms with E-state index in [-0.39, 0.29) is 5.91 Å². The van der Waals surface area contributed by atoms with Gasteiger partial charge in [0.15, 0.2) is 0 Å². The zero-order valence-electron chi connectivity index (χ0n) is 15.6. The second-order valence-corrected chi connectivity index (χ2v) is 6.12. The average molecular weight is 366 g/mol. The average Bonchev–Trinajstić information content (AvgIpc) is 3.02. The lowest BCUT2D eigenvalue weighted by Gasteiger charge is -2.12. The number of hydrogen-bond acceptors (Lipinski definition) is 5.